The van der Waals surface area contributed by atoms with Crippen molar-refractivity contribution >= 4 is 39.8 Å². The Morgan fingerprint density at radius 1 is 1.30 bits per heavy atom. The lowest BCUT2D eigenvalue weighted by molar-refractivity contribution is -0.132. The standard InChI is InChI=1S/C19H13BrFNO5/c1-10(23)26-17-14(20)6-11(8-16(17)25-2)7-15-19(24)27-18(22-15)12-4-3-5-13(21)9-12/h3-9H,1-2H3/b15-7-. The maximum atomic E-state index is 13.4. The zero-order chi connectivity index (χ0) is 19.6. The van der Waals surface area contributed by atoms with E-state index in [4.69, 9.17) is 14.2 Å². The third-order valence-electron chi connectivity index (χ3n) is 3.49. The number of cyclic esters (lactones) is 1. The number of ether oxygens (including phenoxy) is 3. The van der Waals surface area contributed by atoms with Crippen molar-refractivity contribution in [3.63, 3.8) is 0 Å². The molecule has 0 fully saturated rings. The predicted octanol–water partition coefficient (Wildman–Crippen LogP) is 3.87. The van der Waals surface area contributed by atoms with E-state index < -0.39 is 17.8 Å². The fourth-order valence-electron chi connectivity index (χ4n) is 2.38. The second-order valence-corrected chi connectivity index (χ2v) is 6.33. The summed E-state index contributed by atoms with van der Waals surface area (Å²) in [5.41, 5.74) is 0.963. The van der Waals surface area contributed by atoms with Gasteiger partial charge in [-0.2, -0.15) is 0 Å². The fourth-order valence-corrected chi connectivity index (χ4v) is 2.92. The minimum absolute atomic E-state index is 0.0216. The van der Waals surface area contributed by atoms with Crippen LogP contribution in [0.25, 0.3) is 6.08 Å². The van der Waals surface area contributed by atoms with E-state index in [9.17, 15) is 14.0 Å². The first-order valence-corrected chi connectivity index (χ1v) is 8.51. The van der Waals surface area contributed by atoms with Gasteiger partial charge in [-0.3, -0.25) is 4.79 Å². The highest BCUT2D eigenvalue weighted by atomic mass is 79.9. The summed E-state index contributed by atoms with van der Waals surface area (Å²) in [4.78, 5) is 27.4. The van der Waals surface area contributed by atoms with Crippen LogP contribution >= 0.6 is 15.9 Å². The molecular weight excluding hydrogens is 421 g/mol. The van der Waals surface area contributed by atoms with Crippen LogP contribution in [0, 0.1) is 5.82 Å². The van der Waals surface area contributed by atoms with E-state index in [0.717, 1.165) is 0 Å². The van der Waals surface area contributed by atoms with Gasteiger partial charge in [-0.1, -0.05) is 6.07 Å². The normalized spacial score (nSPS) is 14.7. The topological polar surface area (TPSA) is 74.2 Å². The molecule has 0 saturated carbocycles. The van der Waals surface area contributed by atoms with Crippen LogP contribution < -0.4 is 9.47 Å². The number of methoxy groups -OCH3 is 1. The number of esters is 2. The molecule has 0 spiro atoms. The van der Waals surface area contributed by atoms with Gasteiger partial charge in [0.2, 0.25) is 5.90 Å². The van der Waals surface area contributed by atoms with Crippen LogP contribution in [0.4, 0.5) is 4.39 Å². The molecule has 0 radical (unpaired) electrons. The van der Waals surface area contributed by atoms with Gasteiger partial charge in [0, 0.05) is 12.5 Å². The molecule has 1 heterocycles. The van der Waals surface area contributed by atoms with Crippen molar-refractivity contribution < 1.29 is 28.2 Å². The van der Waals surface area contributed by atoms with Crippen LogP contribution in [0.2, 0.25) is 0 Å². The summed E-state index contributed by atoms with van der Waals surface area (Å²) in [5, 5.41) is 0. The molecule has 0 amide bonds. The van der Waals surface area contributed by atoms with Crippen LogP contribution in [-0.2, 0) is 14.3 Å². The quantitative estimate of drug-likeness (QED) is 0.415. The third kappa shape index (κ3) is 4.22. The van der Waals surface area contributed by atoms with Crippen LogP contribution in [0.3, 0.4) is 0 Å². The summed E-state index contributed by atoms with van der Waals surface area (Å²) in [6.45, 7) is 1.28. The van der Waals surface area contributed by atoms with Gasteiger partial charge < -0.3 is 14.2 Å². The third-order valence-corrected chi connectivity index (χ3v) is 4.08. The molecule has 0 atom stereocenters. The molecule has 6 nitrogen and oxygen atoms in total. The van der Waals surface area contributed by atoms with Crippen molar-refractivity contribution in [3.05, 3.63) is 63.5 Å². The van der Waals surface area contributed by atoms with Crippen molar-refractivity contribution in [2.75, 3.05) is 7.11 Å². The second-order valence-electron chi connectivity index (χ2n) is 5.47. The van der Waals surface area contributed by atoms with E-state index in [1.807, 2.05) is 0 Å². The molecule has 8 heteroatoms. The lowest BCUT2D eigenvalue weighted by Gasteiger charge is -2.11. The van der Waals surface area contributed by atoms with Crippen LogP contribution in [0.1, 0.15) is 18.1 Å². The summed E-state index contributed by atoms with van der Waals surface area (Å²) in [6.07, 6.45) is 1.49. The summed E-state index contributed by atoms with van der Waals surface area (Å²) in [7, 11) is 1.43. The zero-order valence-electron chi connectivity index (χ0n) is 14.3. The number of hydrogen-bond donors (Lipinski definition) is 0. The Bertz CT molecular complexity index is 1000. The van der Waals surface area contributed by atoms with Gasteiger partial charge in [0.15, 0.2) is 17.2 Å². The molecule has 1 aliphatic rings. The van der Waals surface area contributed by atoms with E-state index in [1.54, 1.807) is 18.2 Å². The monoisotopic (exact) mass is 433 g/mol. The number of nitrogens with zero attached hydrogens (tertiary/aromatic N) is 1. The highest BCUT2D eigenvalue weighted by Crippen LogP contribution is 2.37. The van der Waals surface area contributed by atoms with Crippen molar-refractivity contribution in [2.24, 2.45) is 4.99 Å². The molecule has 0 saturated heterocycles. The lowest BCUT2D eigenvalue weighted by atomic mass is 10.1. The van der Waals surface area contributed by atoms with Gasteiger partial charge in [0.1, 0.15) is 5.82 Å². The van der Waals surface area contributed by atoms with Gasteiger partial charge in [0.25, 0.3) is 0 Å². The van der Waals surface area contributed by atoms with Crippen LogP contribution in [0.5, 0.6) is 11.5 Å². The second kappa shape index (κ2) is 7.71. The van der Waals surface area contributed by atoms with E-state index in [1.165, 1.54) is 38.3 Å². The Labute approximate surface area is 162 Å². The Balaban J connectivity index is 1.97. The van der Waals surface area contributed by atoms with E-state index in [-0.39, 0.29) is 17.3 Å². The molecule has 0 N–H and O–H groups in total. The zero-order valence-corrected chi connectivity index (χ0v) is 15.9. The maximum Gasteiger partial charge on any atom is 0.363 e. The molecular formula is C19H13BrFNO5. The van der Waals surface area contributed by atoms with E-state index in [2.05, 4.69) is 20.9 Å². The molecule has 2 aromatic rings. The maximum absolute atomic E-state index is 13.4. The average Bonchev–Trinajstić information content (AvgIpc) is 2.97. The lowest BCUT2D eigenvalue weighted by Crippen LogP contribution is -2.05. The molecule has 1 aliphatic heterocycles. The Kier molecular flexibility index (Phi) is 5.36. The first kappa shape index (κ1) is 18.8. The Morgan fingerprint density at radius 2 is 2.07 bits per heavy atom. The molecule has 0 aliphatic carbocycles. The van der Waals surface area contributed by atoms with Crippen molar-refractivity contribution in [1.82, 2.24) is 0 Å². The number of hydrogen-bond acceptors (Lipinski definition) is 6. The van der Waals surface area contributed by atoms with Gasteiger partial charge in [-0.05, 0) is 57.9 Å². The number of carbonyl (C=O) groups is 2. The van der Waals surface area contributed by atoms with Crippen molar-refractivity contribution in [3.8, 4) is 11.5 Å². The molecule has 0 unspecified atom stereocenters. The Morgan fingerprint density at radius 3 is 2.74 bits per heavy atom. The molecule has 0 aromatic heterocycles. The highest BCUT2D eigenvalue weighted by molar-refractivity contribution is 9.10. The number of aliphatic imine (C=N–C) groups is 1. The molecule has 3 rings (SSSR count). The fraction of sp³-hybridized carbons (Fsp3) is 0.105. The molecule has 27 heavy (non-hydrogen) atoms. The van der Waals surface area contributed by atoms with Gasteiger partial charge >= 0.3 is 11.9 Å². The minimum atomic E-state index is -0.659. The van der Waals surface area contributed by atoms with E-state index >= 15 is 0 Å². The summed E-state index contributed by atoms with van der Waals surface area (Å²) in [6, 6.07) is 8.81. The predicted molar refractivity (Wildman–Crippen MR) is 99.0 cm³/mol. The Hall–Kier alpha value is -3.00. The van der Waals surface area contributed by atoms with Gasteiger partial charge in [0.05, 0.1) is 11.6 Å². The summed E-state index contributed by atoms with van der Waals surface area (Å²) < 4.78 is 29.3. The first-order chi connectivity index (χ1) is 12.9. The van der Waals surface area contributed by atoms with Crippen LogP contribution in [-0.4, -0.2) is 24.9 Å². The minimum Gasteiger partial charge on any atom is -0.493 e. The number of benzene rings is 2. The van der Waals surface area contributed by atoms with Crippen molar-refractivity contribution in [1.29, 1.82) is 0 Å². The SMILES string of the molecule is COc1cc(/C=C2\N=C(c3cccc(F)c3)OC2=O)cc(Br)c1OC(C)=O. The summed E-state index contributed by atoms with van der Waals surface area (Å²) in [5.74, 6) is -1.07. The highest BCUT2D eigenvalue weighted by Gasteiger charge is 2.25. The number of carbonyl (C=O) groups excluding carboxylic acids is 2. The van der Waals surface area contributed by atoms with Crippen molar-refractivity contribution in [2.45, 2.75) is 6.92 Å². The smallest absolute Gasteiger partial charge is 0.363 e. The molecule has 0 bridgehead atoms. The molecule has 138 valence electrons. The van der Waals surface area contributed by atoms with Gasteiger partial charge in [-0.15, -0.1) is 0 Å². The first-order valence-electron chi connectivity index (χ1n) is 7.72. The van der Waals surface area contributed by atoms with Crippen LogP contribution in [0.15, 0.2) is 51.6 Å². The number of rotatable bonds is 4. The average molecular weight is 434 g/mol. The molecule has 2 aromatic carbocycles. The number of halogens is 2. The largest absolute Gasteiger partial charge is 0.493 e. The van der Waals surface area contributed by atoms with Gasteiger partial charge in [-0.25, -0.2) is 14.2 Å². The van der Waals surface area contributed by atoms with E-state index in [0.29, 0.717) is 21.3 Å². The summed E-state index contributed by atoms with van der Waals surface area (Å²) >= 11 is 3.31.